The van der Waals surface area contributed by atoms with Gasteiger partial charge in [0.05, 0.1) is 5.56 Å². The SMILES string of the molecule is O=c1[nH]c2cc(C(F)(F)F)c1[nH]2. The van der Waals surface area contributed by atoms with E-state index in [0.717, 1.165) is 6.07 Å². The molecular weight excluding hydrogens is 173 g/mol. The lowest BCUT2D eigenvalue weighted by molar-refractivity contribution is -0.136. The molecule has 0 aromatic carbocycles. The smallest absolute Gasteiger partial charge is 0.337 e. The van der Waals surface area contributed by atoms with Crippen LogP contribution in [0.4, 0.5) is 13.2 Å². The van der Waals surface area contributed by atoms with Gasteiger partial charge in [0, 0.05) is 0 Å². The van der Waals surface area contributed by atoms with Gasteiger partial charge < -0.3 is 9.97 Å². The van der Waals surface area contributed by atoms with E-state index in [-0.39, 0.29) is 5.65 Å². The molecule has 64 valence electrons. The molecule has 2 heterocycles. The number of pyridine rings is 1. The van der Waals surface area contributed by atoms with Crippen molar-refractivity contribution in [2.24, 2.45) is 0 Å². The molecule has 2 aromatic heterocycles. The van der Waals surface area contributed by atoms with Crippen LogP contribution in [0.5, 0.6) is 0 Å². The van der Waals surface area contributed by atoms with E-state index < -0.39 is 22.8 Å². The number of halogens is 3. The van der Waals surface area contributed by atoms with Gasteiger partial charge in [-0.3, -0.25) is 4.79 Å². The van der Waals surface area contributed by atoms with Gasteiger partial charge in [0.2, 0.25) is 0 Å². The molecule has 6 heteroatoms. The topological polar surface area (TPSA) is 48.6 Å². The van der Waals surface area contributed by atoms with Crippen molar-refractivity contribution in [3.63, 3.8) is 0 Å². The summed E-state index contributed by atoms with van der Waals surface area (Å²) >= 11 is 0. The Morgan fingerprint density at radius 2 is 1.92 bits per heavy atom. The second kappa shape index (κ2) is 1.82. The van der Waals surface area contributed by atoms with Crippen molar-refractivity contribution in [3.8, 4) is 0 Å². The average Bonchev–Trinajstić information content (AvgIpc) is 2.41. The average molecular weight is 176 g/mol. The largest absolute Gasteiger partial charge is 0.418 e. The van der Waals surface area contributed by atoms with Gasteiger partial charge in [0.15, 0.2) is 0 Å². The van der Waals surface area contributed by atoms with Gasteiger partial charge in [-0.05, 0) is 6.07 Å². The molecule has 0 radical (unpaired) electrons. The molecule has 2 bridgehead atoms. The summed E-state index contributed by atoms with van der Waals surface area (Å²) in [5.74, 6) is 0. The van der Waals surface area contributed by atoms with E-state index in [1.807, 2.05) is 0 Å². The van der Waals surface area contributed by atoms with Crippen molar-refractivity contribution < 1.29 is 13.2 Å². The number of aromatic amines is 2. The summed E-state index contributed by atoms with van der Waals surface area (Å²) in [6.45, 7) is 0. The summed E-state index contributed by atoms with van der Waals surface area (Å²) in [5, 5.41) is 0. The van der Waals surface area contributed by atoms with Crippen LogP contribution in [0.3, 0.4) is 0 Å². The highest BCUT2D eigenvalue weighted by Gasteiger charge is 2.35. The van der Waals surface area contributed by atoms with Gasteiger partial charge >= 0.3 is 6.18 Å². The zero-order chi connectivity index (χ0) is 8.93. The van der Waals surface area contributed by atoms with Gasteiger partial charge in [-0.2, -0.15) is 13.2 Å². The van der Waals surface area contributed by atoms with Crippen molar-refractivity contribution in [3.05, 3.63) is 22.0 Å². The Morgan fingerprint density at radius 3 is 2.25 bits per heavy atom. The van der Waals surface area contributed by atoms with Gasteiger partial charge in [-0.1, -0.05) is 0 Å². The molecule has 0 fully saturated rings. The lowest BCUT2D eigenvalue weighted by Gasteiger charge is -2.02. The summed E-state index contributed by atoms with van der Waals surface area (Å²) in [6.07, 6.45) is -4.46. The van der Waals surface area contributed by atoms with Crippen molar-refractivity contribution in [2.45, 2.75) is 6.18 Å². The number of H-pyrrole nitrogens is 2. The Balaban J connectivity index is 2.76. The van der Waals surface area contributed by atoms with E-state index in [2.05, 4.69) is 9.97 Å². The number of fused-ring (bicyclic) bond motifs is 2. The Morgan fingerprint density at radius 1 is 1.25 bits per heavy atom. The van der Waals surface area contributed by atoms with Gasteiger partial charge in [0.1, 0.15) is 11.2 Å². The summed E-state index contributed by atoms with van der Waals surface area (Å²) in [6, 6.07) is 0.872. The molecule has 2 N–H and O–H groups in total. The van der Waals surface area contributed by atoms with E-state index in [4.69, 9.17) is 0 Å². The van der Waals surface area contributed by atoms with Gasteiger partial charge in [-0.25, -0.2) is 0 Å². The lowest BCUT2D eigenvalue weighted by atomic mass is 10.2. The first kappa shape index (κ1) is 7.20. The number of hydrogen-bond donors (Lipinski definition) is 2. The van der Waals surface area contributed by atoms with Crippen LogP contribution < -0.4 is 5.56 Å². The molecule has 0 unspecified atom stereocenters. The molecule has 2 rings (SSSR count). The number of imidazole rings is 1. The second-order valence-electron chi connectivity index (χ2n) is 2.42. The van der Waals surface area contributed by atoms with E-state index in [0.29, 0.717) is 0 Å². The van der Waals surface area contributed by atoms with Crippen molar-refractivity contribution >= 4 is 11.2 Å². The maximum atomic E-state index is 12.1. The number of nitrogens with one attached hydrogen (secondary N) is 2. The standard InChI is InChI=1S/C6H3F3N2O/c7-6(8,9)2-1-3-10-4(2)5(12)11-3/h1H,(H2,10,11,12). The molecule has 2 aromatic rings. The highest BCUT2D eigenvalue weighted by atomic mass is 19.4. The van der Waals surface area contributed by atoms with Crippen LogP contribution in [0.2, 0.25) is 0 Å². The molecule has 0 aliphatic carbocycles. The molecule has 0 spiro atoms. The Labute approximate surface area is 63.5 Å². The van der Waals surface area contributed by atoms with Crippen LogP contribution in [0, 0.1) is 0 Å². The predicted octanol–water partition coefficient (Wildman–Crippen LogP) is 1.31. The second-order valence-corrected chi connectivity index (χ2v) is 2.42. The maximum Gasteiger partial charge on any atom is 0.418 e. The minimum atomic E-state index is -4.46. The van der Waals surface area contributed by atoms with Crippen LogP contribution in [0.15, 0.2) is 10.9 Å². The summed E-state index contributed by atoms with van der Waals surface area (Å²) < 4.78 is 36.2. The summed E-state index contributed by atoms with van der Waals surface area (Å²) in [5.41, 5.74) is -1.93. The fourth-order valence-corrected chi connectivity index (χ4v) is 1.11. The molecule has 12 heavy (non-hydrogen) atoms. The normalized spacial score (nSPS) is 12.9. The number of hydrogen-bond acceptors (Lipinski definition) is 1. The van der Waals surface area contributed by atoms with E-state index >= 15 is 0 Å². The summed E-state index contributed by atoms with van der Waals surface area (Å²) in [7, 11) is 0. The molecule has 0 aliphatic heterocycles. The predicted molar refractivity (Wildman–Crippen MR) is 35.1 cm³/mol. The van der Waals surface area contributed by atoms with Crippen LogP contribution in [0.1, 0.15) is 5.56 Å². The molecule has 0 atom stereocenters. The fourth-order valence-electron chi connectivity index (χ4n) is 1.11. The molecule has 0 amide bonds. The van der Waals surface area contributed by atoms with Gasteiger partial charge in [0.25, 0.3) is 5.56 Å². The van der Waals surface area contributed by atoms with Crippen molar-refractivity contribution in [1.82, 2.24) is 9.97 Å². The molecular formula is C6H3F3N2O. The minimum Gasteiger partial charge on any atom is -0.337 e. The van der Waals surface area contributed by atoms with Crippen molar-refractivity contribution in [2.75, 3.05) is 0 Å². The minimum absolute atomic E-state index is 0.0994. The third kappa shape index (κ3) is 0.806. The van der Waals surface area contributed by atoms with Crippen LogP contribution in [-0.2, 0) is 6.18 Å². The quantitative estimate of drug-likeness (QED) is 0.624. The van der Waals surface area contributed by atoms with Crippen LogP contribution in [0.25, 0.3) is 11.2 Å². The van der Waals surface area contributed by atoms with E-state index in [9.17, 15) is 18.0 Å². The monoisotopic (exact) mass is 176 g/mol. The number of aromatic nitrogens is 2. The Kier molecular flexibility index (Phi) is 1.09. The van der Waals surface area contributed by atoms with Crippen molar-refractivity contribution in [1.29, 1.82) is 0 Å². The van der Waals surface area contributed by atoms with Gasteiger partial charge in [-0.15, -0.1) is 0 Å². The molecule has 0 aliphatic rings. The van der Waals surface area contributed by atoms with E-state index in [1.165, 1.54) is 0 Å². The highest BCUT2D eigenvalue weighted by Crippen LogP contribution is 2.32. The Bertz CT molecular complexity index is 452. The molecule has 3 nitrogen and oxygen atoms in total. The third-order valence-electron chi connectivity index (χ3n) is 1.60. The number of alkyl halides is 3. The first-order valence-electron chi connectivity index (χ1n) is 3.10. The number of rotatable bonds is 0. The maximum absolute atomic E-state index is 12.1. The molecule has 0 saturated carbocycles. The lowest BCUT2D eigenvalue weighted by Crippen LogP contribution is -2.10. The van der Waals surface area contributed by atoms with Crippen LogP contribution >= 0.6 is 0 Å². The first-order chi connectivity index (χ1) is 5.48. The fraction of sp³-hybridized carbons (Fsp3) is 0.167. The zero-order valence-corrected chi connectivity index (χ0v) is 5.62. The van der Waals surface area contributed by atoms with Crippen LogP contribution in [-0.4, -0.2) is 9.97 Å². The Hall–Kier alpha value is -1.46. The van der Waals surface area contributed by atoms with E-state index in [1.54, 1.807) is 0 Å². The highest BCUT2D eigenvalue weighted by molar-refractivity contribution is 5.66. The first-order valence-corrected chi connectivity index (χ1v) is 3.10. The molecule has 0 saturated heterocycles. The zero-order valence-electron chi connectivity index (χ0n) is 5.62. The third-order valence-corrected chi connectivity index (χ3v) is 1.60. The summed E-state index contributed by atoms with van der Waals surface area (Å²) in [4.78, 5) is 15.2.